The largest absolute Gasteiger partial charge is 1.00 e. The molecule has 4 aromatic rings. The van der Waals surface area contributed by atoms with Crippen LogP contribution in [-0.4, -0.2) is 0 Å². The van der Waals surface area contributed by atoms with Crippen LogP contribution in [-0.2, 0) is 0 Å². The fourth-order valence-electron chi connectivity index (χ4n) is 2.39. The molecule has 0 heterocycles. The molecule has 0 bridgehead atoms. The molecular formula is C22H18Na+. The molecule has 106 valence electrons. The first kappa shape index (κ1) is 17.5. The van der Waals surface area contributed by atoms with Crippen molar-refractivity contribution < 1.29 is 29.6 Å². The van der Waals surface area contributed by atoms with Gasteiger partial charge in [0.2, 0.25) is 0 Å². The number of benzene rings is 4. The van der Waals surface area contributed by atoms with E-state index in [1.54, 1.807) is 0 Å². The Bertz CT molecular complexity index is 721. The van der Waals surface area contributed by atoms with Crippen LogP contribution in [0.1, 0.15) is 0 Å². The van der Waals surface area contributed by atoms with Gasteiger partial charge in [0.05, 0.1) is 0 Å². The SMILES string of the molecule is [Na+].c1ccc(-c2ccccc2)cc1.c1ccc2ccccc2c1. The van der Waals surface area contributed by atoms with Crippen molar-refractivity contribution in [3.05, 3.63) is 109 Å². The van der Waals surface area contributed by atoms with Gasteiger partial charge in [0.15, 0.2) is 0 Å². The van der Waals surface area contributed by atoms with Gasteiger partial charge in [0.1, 0.15) is 0 Å². The van der Waals surface area contributed by atoms with Gasteiger partial charge in [-0.2, -0.15) is 0 Å². The predicted octanol–water partition coefficient (Wildman–Crippen LogP) is 3.20. The first-order valence-corrected chi connectivity index (χ1v) is 7.48. The van der Waals surface area contributed by atoms with Crippen molar-refractivity contribution in [1.29, 1.82) is 0 Å². The number of hydrogen-bond acceptors (Lipinski definition) is 0. The quantitative estimate of drug-likeness (QED) is 0.474. The second-order valence-corrected chi connectivity index (χ2v) is 5.08. The minimum Gasteiger partial charge on any atom is -0.0622 e. The van der Waals surface area contributed by atoms with Crippen molar-refractivity contribution in [2.45, 2.75) is 0 Å². The van der Waals surface area contributed by atoms with Crippen LogP contribution in [0.5, 0.6) is 0 Å². The predicted molar refractivity (Wildman–Crippen MR) is 95.8 cm³/mol. The van der Waals surface area contributed by atoms with E-state index in [4.69, 9.17) is 0 Å². The molecule has 0 radical (unpaired) electrons. The Morgan fingerprint density at radius 3 is 0.870 bits per heavy atom. The Morgan fingerprint density at radius 2 is 0.565 bits per heavy atom. The van der Waals surface area contributed by atoms with Crippen molar-refractivity contribution in [3.63, 3.8) is 0 Å². The Hall–Kier alpha value is -1.86. The summed E-state index contributed by atoms with van der Waals surface area (Å²) >= 11 is 0. The van der Waals surface area contributed by atoms with Crippen molar-refractivity contribution in [2.75, 3.05) is 0 Å². The maximum absolute atomic E-state index is 2.12. The molecule has 0 amide bonds. The van der Waals surface area contributed by atoms with Gasteiger partial charge in [-0.3, -0.25) is 0 Å². The summed E-state index contributed by atoms with van der Waals surface area (Å²) in [5.41, 5.74) is 2.55. The molecule has 0 aliphatic carbocycles. The summed E-state index contributed by atoms with van der Waals surface area (Å²) in [6.45, 7) is 0. The van der Waals surface area contributed by atoms with Crippen molar-refractivity contribution in [1.82, 2.24) is 0 Å². The molecule has 0 unspecified atom stereocenters. The number of hydrogen-bond donors (Lipinski definition) is 0. The van der Waals surface area contributed by atoms with E-state index in [9.17, 15) is 0 Å². The van der Waals surface area contributed by atoms with Gasteiger partial charge in [0, 0.05) is 0 Å². The molecule has 4 aromatic carbocycles. The fourth-order valence-corrected chi connectivity index (χ4v) is 2.39. The van der Waals surface area contributed by atoms with Gasteiger partial charge in [-0.1, -0.05) is 109 Å². The van der Waals surface area contributed by atoms with E-state index in [0.717, 1.165) is 0 Å². The number of fused-ring (bicyclic) bond motifs is 1. The molecule has 0 aliphatic heterocycles. The van der Waals surface area contributed by atoms with E-state index in [2.05, 4.69) is 97.1 Å². The van der Waals surface area contributed by atoms with Crippen LogP contribution in [0.4, 0.5) is 0 Å². The Labute approximate surface area is 160 Å². The summed E-state index contributed by atoms with van der Waals surface area (Å²) < 4.78 is 0. The molecule has 0 fully saturated rings. The summed E-state index contributed by atoms with van der Waals surface area (Å²) in [5, 5.41) is 2.62. The third-order valence-corrected chi connectivity index (χ3v) is 3.54. The minimum absolute atomic E-state index is 0. The molecule has 0 saturated carbocycles. The maximum Gasteiger partial charge on any atom is 1.00 e. The zero-order valence-corrected chi connectivity index (χ0v) is 15.4. The molecule has 0 saturated heterocycles. The van der Waals surface area contributed by atoms with Crippen LogP contribution in [0.3, 0.4) is 0 Å². The maximum atomic E-state index is 2.12. The number of rotatable bonds is 1. The van der Waals surface area contributed by atoms with Crippen molar-refractivity contribution in [2.24, 2.45) is 0 Å². The summed E-state index contributed by atoms with van der Waals surface area (Å²) in [5.74, 6) is 0. The van der Waals surface area contributed by atoms with Gasteiger partial charge >= 0.3 is 29.6 Å². The van der Waals surface area contributed by atoms with Crippen LogP contribution < -0.4 is 29.6 Å². The molecule has 0 atom stereocenters. The Morgan fingerprint density at radius 1 is 0.304 bits per heavy atom. The molecule has 0 aliphatic rings. The Balaban J connectivity index is 0.000000162. The minimum atomic E-state index is 0. The second kappa shape index (κ2) is 9.32. The molecule has 0 spiro atoms. The van der Waals surface area contributed by atoms with Crippen LogP contribution in [0.2, 0.25) is 0 Å². The summed E-state index contributed by atoms with van der Waals surface area (Å²) in [6.07, 6.45) is 0. The summed E-state index contributed by atoms with van der Waals surface area (Å²) in [6, 6.07) is 37.5. The van der Waals surface area contributed by atoms with E-state index in [1.807, 2.05) is 12.1 Å². The topological polar surface area (TPSA) is 0 Å². The molecule has 23 heavy (non-hydrogen) atoms. The molecule has 0 N–H and O–H groups in total. The van der Waals surface area contributed by atoms with Gasteiger partial charge in [-0.15, -0.1) is 0 Å². The van der Waals surface area contributed by atoms with Gasteiger partial charge in [-0.05, 0) is 21.9 Å². The van der Waals surface area contributed by atoms with E-state index < -0.39 is 0 Å². The average molecular weight is 305 g/mol. The zero-order chi connectivity index (χ0) is 15.0. The molecule has 0 nitrogen and oxygen atoms in total. The Kier molecular flexibility index (Phi) is 7.09. The van der Waals surface area contributed by atoms with E-state index in [-0.39, 0.29) is 29.6 Å². The molecule has 1 heteroatoms. The summed E-state index contributed by atoms with van der Waals surface area (Å²) in [4.78, 5) is 0. The second-order valence-electron chi connectivity index (χ2n) is 5.08. The van der Waals surface area contributed by atoms with Crippen molar-refractivity contribution in [3.8, 4) is 11.1 Å². The normalized spacial score (nSPS) is 9.39. The first-order valence-electron chi connectivity index (χ1n) is 7.48. The monoisotopic (exact) mass is 305 g/mol. The fraction of sp³-hybridized carbons (Fsp3) is 0. The van der Waals surface area contributed by atoms with Gasteiger partial charge in [-0.25, -0.2) is 0 Å². The van der Waals surface area contributed by atoms with Gasteiger partial charge < -0.3 is 0 Å². The molecule has 0 aromatic heterocycles. The van der Waals surface area contributed by atoms with Gasteiger partial charge in [0.25, 0.3) is 0 Å². The zero-order valence-electron chi connectivity index (χ0n) is 13.4. The van der Waals surface area contributed by atoms with E-state index in [1.165, 1.54) is 21.9 Å². The average Bonchev–Trinajstić information content (AvgIpc) is 2.64. The van der Waals surface area contributed by atoms with Crippen LogP contribution in [0, 0.1) is 0 Å². The van der Waals surface area contributed by atoms with Crippen LogP contribution in [0.15, 0.2) is 109 Å². The third kappa shape index (κ3) is 5.07. The van der Waals surface area contributed by atoms with Crippen molar-refractivity contribution >= 4 is 10.8 Å². The summed E-state index contributed by atoms with van der Waals surface area (Å²) in [7, 11) is 0. The van der Waals surface area contributed by atoms with Crippen LogP contribution in [0.25, 0.3) is 21.9 Å². The smallest absolute Gasteiger partial charge is 0.0622 e. The standard InChI is InChI=1S/C12H10.C10H8.Na/c1-3-7-11(8-4-1)12-9-5-2-6-10-12;1-2-6-10-8-4-3-7-9(10)5-1;/h1-10H;1-8H;/q;;+1. The van der Waals surface area contributed by atoms with E-state index >= 15 is 0 Å². The van der Waals surface area contributed by atoms with E-state index in [0.29, 0.717) is 0 Å². The molecular weight excluding hydrogens is 287 g/mol. The third-order valence-electron chi connectivity index (χ3n) is 3.54. The van der Waals surface area contributed by atoms with Crippen LogP contribution >= 0.6 is 0 Å². The first-order chi connectivity index (χ1) is 10.9. The molecule has 4 rings (SSSR count).